The van der Waals surface area contributed by atoms with E-state index in [4.69, 9.17) is 4.74 Å². The maximum absolute atomic E-state index is 5.26. The van der Waals surface area contributed by atoms with Gasteiger partial charge < -0.3 is 9.64 Å². The fourth-order valence-corrected chi connectivity index (χ4v) is 2.55. The molecule has 0 saturated heterocycles. The van der Waals surface area contributed by atoms with Gasteiger partial charge in [-0.15, -0.1) is 0 Å². The van der Waals surface area contributed by atoms with E-state index in [1.165, 1.54) is 50.6 Å². The highest BCUT2D eigenvalue weighted by atomic mass is 32.1. The van der Waals surface area contributed by atoms with Crippen molar-refractivity contribution in [2.45, 2.75) is 44.9 Å². The molecular formula is C17H29NOS. The van der Waals surface area contributed by atoms with E-state index in [0.29, 0.717) is 0 Å². The van der Waals surface area contributed by atoms with Gasteiger partial charge in [-0.3, -0.25) is 0 Å². The SMILES string of the molecule is COc1cccc(N(C)CCCCCCCCCS)c1. The van der Waals surface area contributed by atoms with Gasteiger partial charge in [-0.2, -0.15) is 12.6 Å². The van der Waals surface area contributed by atoms with Crippen LogP contribution >= 0.6 is 12.6 Å². The molecule has 1 rings (SSSR count). The summed E-state index contributed by atoms with van der Waals surface area (Å²) in [4.78, 5) is 2.31. The molecule has 0 fully saturated rings. The van der Waals surface area contributed by atoms with Gasteiger partial charge in [0.25, 0.3) is 0 Å². The Balaban J connectivity index is 2.12. The van der Waals surface area contributed by atoms with E-state index in [1.807, 2.05) is 12.1 Å². The third-order valence-electron chi connectivity index (χ3n) is 3.65. The minimum absolute atomic E-state index is 0.929. The van der Waals surface area contributed by atoms with Crippen LogP contribution < -0.4 is 9.64 Å². The van der Waals surface area contributed by atoms with Crippen LogP contribution in [0.15, 0.2) is 24.3 Å². The Morgan fingerprint density at radius 2 is 1.65 bits per heavy atom. The predicted molar refractivity (Wildman–Crippen MR) is 92.4 cm³/mol. The fourth-order valence-electron chi connectivity index (χ4n) is 2.32. The summed E-state index contributed by atoms with van der Waals surface area (Å²) in [5, 5.41) is 0. The van der Waals surface area contributed by atoms with Crippen LogP contribution in [0.1, 0.15) is 44.9 Å². The first kappa shape index (κ1) is 17.2. The topological polar surface area (TPSA) is 12.5 Å². The Bertz CT molecular complexity index is 357. The number of hydrogen-bond acceptors (Lipinski definition) is 3. The molecule has 0 aromatic heterocycles. The summed E-state index contributed by atoms with van der Waals surface area (Å²) in [6.07, 6.45) is 9.30. The Labute approximate surface area is 129 Å². The molecule has 0 spiro atoms. The minimum atomic E-state index is 0.929. The minimum Gasteiger partial charge on any atom is -0.497 e. The van der Waals surface area contributed by atoms with Crippen molar-refractivity contribution in [3.8, 4) is 5.75 Å². The molecule has 1 aromatic carbocycles. The maximum Gasteiger partial charge on any atom is 0.120 e. The third kappa shape index (κ3) is 7.09. The van der Waals surface area contributed by atoms with Crippen LogP contribution in [0.4, 0.5) is 5.69 Å². The van der Waals surface area contributed by atoms with Gasteiger partial charge in [0.2, 0.25) is 0 Å². The largest absolute Gasteiger partial charge is 0.497 e. The van der Waals surface area contributed by atoms with Crippen molar-refractivity contribution in [3.05, 3.63) is 24.3 Å². The quantitative estimate of drug-likeness (QED) is 0.465. The number of rotatable bonds is 11. The number of methoxy groups -OCH3 is 1. The lowest BCUT2D eigenvalue weighted by molar-refractivity contribution is 0.415. The molecule has 0 saturated carbocycles. The summed E-state index contributed by atoms with van der Waals surface area (Å²) in [5.74, 6) is 1.96. The van der Waals surface area contributed by atoms with Crippen LogP contribution in [0.2, 0.25) is 0 Å². The van der Waals surface area contributed by atoms with Crippen LogP contribution in [-0.2, 0) is 0 Å². The summed E-state index contributed by atoms with van der Waals surface area (Å²) < 4.78 is 5.26. The smallest absolute Gasteiger partial charge is 0.120 e. The summed E-state index contributed by atoms with van der Waals surface area (Å²) in [6.45, 7) is 1.11. The van der Waals surface area contributed by atoms with Gasteiger partial charge in [0, 0.05) is 25.3 Å². The Morgan fingerprint density at radius 3 is 2.30 bits per heavy atom. The van der Waals surface area contributed by atoms with Crippen molar-refractivity contribution in [2.24, 2.45) is 0 Å². The Morgan fingerprint density at radius 1 is 1.00 bits per heavy atom. The average molecular weight is 295 g/mol. The van der Waals surface area contributed by atoms with Crippen molar-refractivity contribution >= 4 is 18.3 Å². The molecule has 0 atom stereocenters. The highest BCUT2D eigenvalue weighted by Crippen LogP contribution is 2.20. The second-order valence-electron chi connectivity index (χ2n) is 5.32. The van der Waals surface area contributed by atoms with Gasteiger partial charge in [-0.25, -0.2) is 0 Å². The molecule has 0 unspecified atom stereocenters. The molecule has 0 amide bonds. The first-order valence-electron chi connectivity index (χ1n) is 7.74. The molecule has 1 aromatic rings. The van der Waals surface area contributed by atoms with Crippen LogP contribution in [-0.4, -0.2) is 26.5 Å². The van der Waals surface area contributed by atoms with E-state index in [1.54, 1.807) is 7.11 Å². The van der Waals surface area contributed by atoms with Gasteiger partial charge in [0.05, 0.1) is 7.11 Å². The van der Waals surface area contributed by atoms with Gasteiger partial charge in [0.1, 0.15) is 5.75 Å². The lowest BCUT2D eigenvalue weighted by atomic mass is 10.1. The molecule has 0 radical (unpaired) electrons. The normalized spacial score (nSPS) is 10.6. The van der Waals surface area contributed by atoms with Gasteiger partial charge in [0.15, 0.2) is 0 Å². The highest BCUT2D eigenvalue weighted by Gasteiger charge is 2.02. The van der Waals surface area contributed by atoms with Crippen molar-refractivity contribution < 1.29 is 4.74 Å². The lowest BCUT2D eigenvalue weighted by Gasteiger charge is -2.19. The standard InChI is InChI=1S/C17H29NOS/c1-18(16-11-10-12-17(15-16)19-2)13-8-6-4-3-5-7-9-14-20/h10-12,15,20H,3-9,13-14H2,1-2H3. The second kappa shape index (κ2) is 10.9. The van der Waals surface area contributed by atoms with Crippen LogP contribution in [0, 0.1) is 0 Å². The zero-order valence-corrected chi connectivity index (χ0v) is 13.9. The molecule has 0 aliphatic rings. The second-order valence-corrected chi connectivity index (χ2v) is 5.77. The summed E-state index contributed by atoms with van der Waals surface area (Å²) in [6, 6.07) is 8.27. The Hall–Kier alpha value is -0.830. The van der Waals surface area contributed by atoms with E-state index in [0.717, 1.165) is 18.0 Å². The molecular weight excluding hydrogens is 266 g/mol. The monoisotopic (exact) mass is 295 g/mol. The number of anilines is 1. The number of unbranched alkanes of at least 4 members (excludes halogenated alkanes) is 6. The van der Waals surface area contributed by atoms with E-state index in [-0.39, 0.29) is 0 Å². The van der Waals surface area contributed by atoms with E-state index in [9.17, 15) is 0 Å². The molecule has 0 N–H and O–H groups in total. The van der Waals surface area contributed by atoms with Gasteiger partial charge in [-0.1, -0.05) is 38.2 Å². The molecule has 114 valence electrons. The third-order valence-corrected chi connectivity index (χ3v) is 3.96. The lowest BCUT2D eigenvalue weighted by Crippen LogP contribution is -2.18. The fraction of sp³-hybridized carbons (Fsp3) is 0.647. The molecule has 0 aliphatic heterocycles. The molecule has 3 heteroatoms. The van der Waals surface area contributed by atoms with E-state index >= 15 is 0 Å². The molecule has 0 aliphatic carbocycles. The molecule has 0 bridgehead atoms. The number of thiol groups is 1. The Kier molecular flexibility index (Phi) is 9.38. The van der Waals surface area contributed by atoms with E-state index in [2.05, 4.69) is 36.7 Å². The number of benzene rings is 1. The van der Waals surface area contributed by atoms with Crippen molar-refractivity contribution in [1.82, 2.24) is 0 Å². The zero-order valence-electron chi connectivity index (χ0n) is 13.0. The zero-order chi connectivity index (χ0) is 14.6. The van der Waals surface area contributed by atoms with Crippen LogP contribution in [0.25, 0.3) is 0 Å². The van der Waals surface area contributed by atoms with Crippen LogP contribution in [0.3, 0.4) is 0 Å². The predicted octanol–water partition coefficient (Wildman–Crippen LogP) is 4.79. The average Bonchev–Trinajstić information content (AvgIpc) is 2.49. The summed E-state index contributed by atoms with van der Waals surface area (Å²) >= 11 is 4.24. The first-order valence-corrected chi connectivity index (χ1v) is 8.37. The van der Waals surface area contributed by atoms with Crippen molar-refractivity contribution in [3.63, 3.8) is 0 Å². The maximum atomic E-state index is 5.26. The van der Waals surface area contributed by atoms with Crippen LogP contribution in [0.5, 0.6) is 5.75 Å². The van der Waals surface area contributed by atoms with E-state index < -0.39 is 0 Å². The van der Waals surface area contributed by atoms with Crippen molar-refractivity contribution in [2.75, 3.05) is 31.4 Å². The number of nitrogens with zero attached hydrogens (tertiary/aromatic N) is 1. The van der Waals surface area contributed by atoms with Gasteiger partial charge >= 0.3 is 0 Å². The number of ether oxygens (including phenoxy) is 1. The number of hydrogen-bond donors (Lipinski definition) is 1. The summed E-state index contributed by atoms with van der Waals surface area (Å²) in [5.41, 5.74) is 1.23. The molecule has 20 heavy (non-hydrogen) atoms. The highest BCUT2D eigenvalue weighted by molar-refractivity contribution is 7.80. The van der Waals surface area contributed by atoms with Crippen molar-refractivity contribution in [1.29, 1.82) is 0 Å². The molecule has 0 heterocycles. The molecule has 2 nitrogen and oxygen atoms in total. The van der Waals surface area contributed by atoms with Gasteiger partial charge in [-0.05, 0) is 30.7 Å². The first-order chi connectivity index (χ1) is 9.77. The summed E-state index contributed by atoms with van der Waals surface area (Å²) in [7, 11) is 3.87.